The molecule has 0 bridgehead atoms. The van der Waals surface area contributed by atoms with Gasteiger partial charge in [-0.25, -0.2) is 22.8 Å². The summed E-state index contributed by atoms with van der Waals surface area (Å²) in [5.41, 5.74) is -3.52. The maximum atomic E-state index is 14.0. The lowest BCUT2D eigenvalue weighted by Crippen LogP contribution is -2.56. The van der Waals surface area contributed by atoms with Gasteiger partial charge < -0.3 is 5.32 Å². The molecular formula is C17H21F3N4O4S. The first-order valence-electron chi connectivity index (χ1n) is 8.90. The monoisotopic (exact) mass is 434 g/mol. The first-order chi connectivity index (χ1) is 13.4. The zero-order valence-electron chi connectivity index (χ0n) is 15.6. The van der Waals surface area contributed by atoms with Crippen molar-refractivity contribution in [2.75, 3.05) is 26.0 Å². The molecule has 0 radical (unpaired) electrons. The Morgan fingerprint density at radius 1 is 1.24 bits per heavy atom. The topological polar surface area (TPSA) is 98.8 Å². The van der Waals surface area contributed by atoms with Gasteiger partial charge in [-0.15, -0.1) is 0 Å². The highest BCUT2D eigenvalue weighted by Crippen LogP contribution is 2.43. The number of hydrogen-bond donors (Lipinski definition) is 2. The number of nitrogens with zero attached hydrogens (tertiary/aromatic N) is 2. The van der Waals surface area contributed by atoms with Crippen LogP contribution in [0.15, 0.2) is 30.3 Å². The minimum absolute atomic E-state index is 0.175. The number of benzene rings is 1. The lowest BCUT2D eigenvalue weighted by Gasteiger charge is -2.35. The minimum Gasteiger partial charge on any atom is -0.312 e. The van der Waals surface area contributed by atoms with Crippen LogP contribution in [0.25, 0.3) is 0 Å². The normalized spacial score (nSPS) is 26.6. The second kappa shape index (κ2) is 7.58. The highest BCUT2D eigenvalue weighted by molar-refractivity contribution is 7.88. The van der Waals surface area contributed by atoms with Crippen molar-refractivity contribution in [3.8, 4) is 0 Å². The van der Waals surface area contributed by atoms with E-state index in [9.17, 15) is 31.2 Å². The van der Waals surface area contributed by atoms with Gasteiger partial charge in [-0.2, -0.15) is 13.2 Å². The van der Waals surface area contributed by atoms with Gasteiger partial charge in [-0.3, -0.25) is 9.69 Å². The van der Waals surface area contributed by atoms with E-state index < -0.39 is 39.7 Å². The number of rotatable bonds is 5. The molecule has 3 rings (SSSR count). The van der Waals surface area contributed by atoms with Crippen molar-refractivity contribution in [1.82, 2.24) is 19.8 Å². The lowest BCUT2D eigenvalue weighted by molar-refractivity contribution is -0.198. The average Bonchev–Trinajstić information content (AvgIpc) is 2.87. The standard InChI is InChI=1S/C17H21F3N4O4S/c1-29(27,28)22-13-8-5-9-23(10-13)11-24-14(25)16(17(18,19)20,21-15(24)26)12-6-3-2-4-7-12/h2-4,6-7,13,22H,5,8-11H2,1H3,(H,21,26). The Morgan fingerprint density at radius 2 is 1.90 bits per heavy atom. The van der Waals surface area contributed by atoms with E-state index in [1.807, 2.05) is 5.32 Å². The number of carbonyl (C=O) groups is 2. The summed E-state index contributed by atoms with van der Waals surface area (Å²) < 4.78 is 67.2. The van der Waals surface area contributed by atoms with Crippen molar-refractivity contribution in [1.29, 1.82) is 0 Å². The summed E-state index contributed by atoms with van der Waals surface area (Å²) in [4.78, 5) is 27.3. The molecule has 1 aromatic carbocycles. The van der Waals surface area contributed by atoms with Crippen LogP contribution in [-0.4, -0.2) is 68.4 Å². The third-order valence-corrected chi connectivity index (χ3v) is 5.73. The summed E-state index contributed by atoms with van der Waals surface area (Å²) in [6.45, 7) is 0.231. The molecule has 0 aliphatic carbocycles. The van der Waals surface area contributed by atoms with E-state index in [4.69, 9.17) is 0 Å². The molecule has 160 valence electrons. The van der Waals surface area contributed by atoms with Gasteiger partial charge in [0, 0.05) is 12.6 Å². The molecule has 0 saturated carbocycles. The van der Waals surface area contributed by atoms with Crippen molar-refractivity contribution >= 4 is 22.0 Å². The van der Waals surface area contributed by atoms with Crippen LogP contribution < -0.4 is 10.0 Å². The van der Waals surface area contributed by atoms with Gasteiger partial charge in [-0.1, -0.05) is 30.3 Å². The third kappa shape index (κ3) is 4.23. The number of piperidine rings is 1. The molecule has 12 heteroatoms. The van der Waals surface area contributed by atoms with Crippen molar-refractivity contribution < 1.29 is 31.2 Å². The Balaban J connectivity index is 1.83. The number of sulfonamides is 1. The zero-order valence-corrected chi connectivity index (χ0v) is 16.4. The number of carbonyl (C=O) groups excluding carboxylic acids is 2. The number of halogens is 3. The fraction of sp³-hybridized carbons (Fsp3) is 0.529. The Labute approximate surface area is 166 Å². The molecule has 1 aromatic rings. The molecule has 2 saturated heterocycles. The minimum atomic E-state index is -5.04. The van der Waals surface area contributed by atoms with Crippen LogP contribution in [0.3, 0.4) is 0 Å². The molecule has 0 spiro atoms. The van der Waals surface area contributed by atoms with E-state index in [2.05, 4.69) is 4.72 Å². The van der Waals surface area contributed by atoms with Crippen LogP contribution in [0.4, 0.5) is 18.0 Å². The number of nitrogens with one attached hydrogen (secondary N) is 2. The fourth-order valence-corrected chi connectivity index (χ4v) is 4.52. The van der Waals surface area contributed by atoms with Gasteiger partial charge in [0.25, 0.3) is 5.91 Å². The second-order valence-electron chi connectivity index (χ2n) is 7.22. The molecule has 2 aliphatic heterocycles. The van der Waals surface area contributed by atoms with Gasteiger partial charge in [0.05, 0.1) is 12.9 Å². The average molecular weight is 434 g/mol. The number of hydrogen-bond acceptors (Lipinski definition) is 5. The van der Waals surface area contributed by atoms with Gasteiger partial charge in [-0.05, 0) is 24.9 Å². The molecular weight excluding hydrogens is 413 g/mol. The predicted octanol–water partition coefficient (Wildman–Crippen LogP) is 0.967. The Hall–Kier alpha value is -2.18. The summed E-state index contributed by atoms with van der Waals surface area (Å²) in [6, 6.07) is 4.92. The summed E-state index contributed by atoms with van der Waals surface area (Å²) in [6.07, 6.45) is -2.90. The summed E-state index contributed by atoms with van der Waals surface area (Å²) >= 11 is 0. The summed E-state index contributed by atoms with van der Waals surface area (Å²) in [7, 11) is -3.46. The maximum Gasteiger partial charge on any atom is 0.425 e. The quantitative estimate of drug-likeness (QED) is 0.673. The lowest BCUT2D eigenvalue weighted by atomic mass is 9.89. The van der Waals surface area contributed by atoms with Crippen LogP contribution in [0.2, 0.25) is 0 Å². The van der Waals surface area contributed by atoms with Crippen LogP contribution in [-0.2, 0) is 20.4 Å². The van der Waals surface area contributed by atoms with Crippen LogP contribution in [0.5, 0.6) is 0 Å². The third-order valence-electron chi connectivity index (χ3n) is 4.97. The number of urea groups is 1. The fourth-order valence-electron chi connectivity index (χ4n) is 3.73. The Bertz CT molecular complexity index is 894. The largest absolute Gasteiger partial charge is 0.425 e. The number of alkyl halides is 3. The molecule has 2 atom stereocenters. The number of imide groups is 1. The van der Waals surface area contributed by atoms with E-state index in [-0.39, 0.29) is 18.8 Å². The molecule has 2 unspecified atom stereocenters. The predicted molar refractivity (Wildman–Crippen MR) is 97.0 cm³/mol. The molecule has 8 nitrogen and oxygen atoms in total. The van der Waals surface area contributed by atoms with Crippen molar-refractivity contribution in [2.45, 2.75) is 30.6 Å². The van der Waals surface area contributed by atoms with E-state index in [0.717, 1.165) is 18.4 Å². The van der Waals surface area contributed by atoms with Crippen LogP contribution in [0.1, 0.15) is 18.4 Å². The van der Waals surface area contributed by atoms with Crippen molar-refractivity contribution in [2.24, 2.45) is 0 Å². The SMILES string of the molecule is CS(=O)(=O)NC1CCCN(CN2C(=O)NC(c3ccccc3)(C(F)(F)F)C2=O)C1. The first kappa shape index (κ1) is 21.5. The van der Waals surface area contributed by atoms with Crippen LogP contribution in [0, 0.1) is 0 Å². The molecule has 3 amide bonds. The van der Waals surface area contributed by atoms with Gasteiger partial charge in [0.2, 0.25) is 15.6 Å². The van der Waals surface area contributed by atoms with Crippen LogP contribution >= 0.6 is 0 Å². The number of likely N-dealkylation sites (tertiary alicyclic amines) is 1. The number of amides is 3. The molecule has 2 heterocycles. The second-order valence-corrected chi connectivity index (χ2v) is 9.00. The molecule has 2 N–H and O–H groups in total. The van der Waals surface area contributed by atoms with E-state index in [0.29, 0.717) is 24.3 Å². The smallest absolute Gasteiger partial charge is 0.312 e. The molecule has 2 fully saturated rings. The highest BCUT2D eigenvalue weighted by Gasteiger charge is 2.68. The first-order valence-corrected chi connectivity index (χ1v) is 10.8. The molecule has 2 aliphatic rings. The van der Waals surface area contributed by atoms with E-state index in [1.54, 1.807) is 4.90 Å². The van der Waals surface area contributed by atoms with Crippen molar-refractivity contribution in [3.63, 3.8) is 0 Å². The zero-order chi connectivity index (χ0) is 21.4. The van der Waals surface area contributed by atoms with Gasteiger partial charge in [0.15, 0.2) is 0 Å². The Morgan fingerprint density at radius 3 is 2.48 bits per heavy atom. The van der Waals surface area contributed by atoms with E-state index in [1.165, 1.54) is 18.2 Å². The van der Waals surface area contributed by atoms with E-state index >= 15 is 0 Å². The Kier molecular flexibility index (Phi) is 5.62. The maximum absolute atomic E-state index is 14.0. The van der Waals surface area contributed by atoms with Gasteiger partial charge >= 0.3 is 12.2 Å². The van der Waals surface area contributed by atoms with Crippen molar-refractivity contribution in [3.05, 3.63) is 35.9 Å². The summed E-state index contributed by atoms with van der Waals surface area (Å²) in [5.74, 6) is -1.40. The molecule has 0 aromatic heterocycles. The summed E-state index contributed by atoms with van der Waals surface area (Å²) in [5, 5.41) is 1.84. The molecule has 29 heavy (non-hydrogen) atoms. The highest BCUT2D eigenvalue weighted by atomic mass is 32.2. The van der Waals surface area contributed by atoms with Gasteiger partial charge in [0.1, 0.15) is 0 Å².